The van der Waals surface area contributed by atoms with Gasteiger partial charge < -0.3 is 10.8 Å². The van der Waals surface area contributed by atoms with Gasteiger partial charge in [0.1, 0.15) is 0 Å². The average molecular weight is 228 g/mol. The van der Waals surface area contributed by atoms with Gasteiger partial charge in [-0.15, -0.1) is 0 Å². The van der Waals surface area contributed by atoms with E-state index in [1.165, 1.54) is 5.56 Å². The van der Waals surface area contributed by atoms with Gasteiger partial charge in [-0.3, -0.25) is 0 Å². The third kappa shape index (κ3) is 3.20. The molecule has 0 aliphatic carbocycles. The Kier molecular flexibility index (Phi) is 4.58. The van der Waals surface area contributed by atoms with Gasteiger partial charge in [-0.05, 0) is 43.5 Å². The molecule has 0 saturated heterocycles. The fourth-order valence-corrected chi connectivity index (χ4v) is 2.12. The predicted octanol–water partition coefficient (Wildman–Crippen LogP) is 2.46. The first-order valence-corrected chi connectivity index (χ1v) is 5.56. The van der Waals surface area contributed by atoms with Crippen molar-refractivity contribution in [2.24, 2.45) is 5.73 Å². The Labute approximate surface area is 96.1 Å². The smallest absolute Gasteiger partial charge is 0.0437 e. The second kappa shape index (κ2) is 5.50. The molecule has 84 valence electrons. The number of aliphatic hydroxyl groups is 1. The van der Waals surface area contributed by atoms with Crippen LogP contribution in [0.1, 0.15) is 30.4 Å². The molecule has 0 amide bonds. The number of nitrogens with two attached hydrogens (primary N) is 1. The van der Waals surface area contributed by atoms with Crippen LogP contribution in [0.5, 0.6) is 0 Å². The van der Waals surface area contributed by atoms with Crippen molar-refractivity contribution in [1.29, 1.82) is 0 Å². The van der Waals surface area contributed by atoms with E-state index in [0.29, 0.717) is 6.42 Å². The Bertz CT molecular complexity index is 325. The summed E-state index contributed by atoms with van der Waals surface area (Å²) < 4.78 is 0. The van der Waals surface area contributed by atoms with E-state index in [9.17, 15) is 0 Å². The van der Waals surface area contributed by atoms with Crippen molar-refractivity contribution >= 4 is 11.6 Å². The molecule has 0 fully saturated rings. The highest BCUT2D eigenvalue weighted by molar-refractivity contribution is 6.30. The molecular formula is C12H18ClNO. The Hall–Kier alpha value is -0.570. The summed E-state index contributed by atoms with van der Waals surface area (Å²) in [5.41, 5.74) is 8.24. The third-order valence-corrected chi connectivity index (χ3v) is 2.94. The van der Waals surface area contributed by atoms with Crippen molar-refractivity contribution < 1.29 is 5.11 Å². The van der Waals surface area contributed by atoms with Crippen LogP contribution in [0.25, 0.3) is 0 Å². The van der Waals surface area contributed by atoms with Gasteiger partial charge in [0.15, 0.2) is 0 Å². The first-order valence-electron chi connectivity index (χ1n) is 5.18. The molecule has 2 unspecified atom stereocenters. The minimum Gasteiger partial charge on any atom is -0.396 e. The van der Waals surface area contributed by atoms with Gasteiger partial charge in [0.2, 0.25) is 0 Å². The van der Waals surface area contributed by atoms with E-state index in [1.54, 1.807) is 0 Å². The molecule has 0 saturated carbocycles. The Balaban J connectivity index is 3.00. The van der Waals surface area contributed by atoms with Gasteiger partial charge in [0.05, 0.1) is 0 Å². The summed E-state index contributed by atoms with van der Waals surface area (Å²) in [6, 6.07) is 5.85. The van der Waals surface area contributed by atoms with E-state index >= 15 is 0 Å². The first kappa shape index (κ1) is 12.5. The number of hydrogen-bond donors (Lipinski definition) is 2. The summed E-state index contributed by atoms with van der Waals surface area (Å²) in [6.45, 7) is 4.15. The third-order valence-electron chi connectivity index (χ3n) is 2.71. The maximum atomic E-state index is 9.01. The molecular weight excluding hydrogens is 210 g/mol. The lowest BCUT2D eigenvalue weighted by atomic mass is 9.87. The zero-order valence-corrected chi connectivity index (χ0v) is 9.96. The van der Waals surface area contributed by atoms with E-state index in [1.807, 2.05) is 32.0 Å². The minimum absolute atomic E-state index is 0.0389. The summed E-state index contributed by atoms with van der Waals surface area (Å²) in [6.07, 6.45) is 0.695. The average Bonchev–Trinajstić information content (AvgIpc) is 2.15. The van der Waals surface area contributed by atoms with Crippen molar-refractivity contribution in [3.05, 3.63) is 34.3 Å². The summed E-state index contributed by atoms with van der Waals surface area (Å²) in [5.74, 6) is 0.201. The van der Waals surface area contributed by atoms with Crippen LogP contribution in [0.15, 0.2) is 18.2 Å². The molecule has 0 heterocycles. The monoisotopic (exact) mass is 227 g/mol. The molecule has 2 atom stereocenters. The zero-order valence-electron chi connectivity index (χ0n) is 9.20. The lowest BCUT2D eigenvalue weighted by Crippen LogP contribution is -2.26. The topological polar surface area (TPSA) is 46.2 Å². The molecule has 3 N–H and O–H groups in total. The number of aryl methyl sites for hydroxylation is 1. The Morgan fingerprint density at radius 3 is 2.60 bits per heavy atom. The molecule has 0 radical (unpaired) electrons. The van der Waals surface area contributed by atoms with Crippen molar-refractivity contribution in [3.8, 4) is 0 Å². The van der Waals surface area contributed by atoms with E-state index in [4.69, 9.17) is 22.4 Å². The number of benzene rings is 1. The molecule has 0 spiro atoms. The van der Waals surface area contributed by atoms with Gasteiger partial charge in [-0.25, -0.2) is 0 Å². The fraction of sp³-hybridized carbons (Fsp3) is 0.500. The molecule has 0 aliphatic heterocycles. The van der Waals surface area contributed by atoms with Crippen LogP contribution >= 0.6 is 11.6 Å². The van der Waals surface area contributed by atoms with E-state index in [2.05, 4.69) is 0 Å². The Morgan fingerprint density at radius 2 is 2.13 bits per heavy atom. The largest absolute Gasteiger partial charge is 0.396 e. The molecule has 3 heteroatoms. The molecule has 15 heavy (non-hydrogen) atoms. The van der Waals surface area contributed by atoms with Crippen molar-refractivity contribution in [2.75, 3.05) is 6.61 Å². The molecule has 2 nitrogen and oxygen atoms in total. The SMILES string of the molecule is Cc1cc(Cl)ccc1C(CCO)C(C)N. The fourth-order valence-electron chi connectivity index (χ4n) is 1.90. The highest BCUT2D eigenvalue weighted by Gasteiger charge is 2.17. The summed E-state index contributed by atoms with van der Waals surface area (Å²) >= 11 is 5.90. The van der Waals surface area contributed by atoms with Crippen LogP contribution in [0.3, 0.4) is 0 Å². The molecule has 1 rings (SSSR count). The van der Waals surface area contributed by atoms with E-state index in [0.717, 1.165) is 10.6 Å². The van der Waals surface area contributed by atoms with Crippen LogP contribution in [0.4, 0.5) is 0 Å². The van der Waals surface area contributed by atoms with Crippen LogP contribution in [0, 0.1) is 6.92 Å². The molecule has 0 aromatic heterocycles. The van der Waals surface area contributed by atoms with Crippen molar-refractivity contribution in [3.63, 3.8) is 0 Å². The Morgan fingerprint density at radius 1 is 1.47 bits per heavy atom. The van der Waals surface area contributed by atoms with Crippen LogP contribution in [-0.4, -0.2) is 17.8 Å². The molecule has 1 aromatic rings. The van der Waals surface area contributed by atoms with Crippen LogP contribution in [-0.2, 0) is 0 Å². The van der Waals surface area contributed by atoms with Gasteiger partial charge in [0, 0.05) is 23.6 Å². The quantitative estimate of drug-likeness (QED) is 0.830. The second-order valence-electron chi connectivity index (χ2n) is 3.98. The number of rotatable bonds is 4. The zero-order chi connectivity index (χ0) is 11.4. The van der Waals surface area contributed by atoms with Crippen LogP contribution in [0.2, 0.25) is 5.02 Å². The number of aliphatic hydroxyl groups excluding tert-OH is 1. The van der Waals surface area contributed by atoms with E-state index in [-0.39, 0.29) is 18.6 Å². The normalized spacial score (nSPS) is 15.0. The summed E-state index contributed by atoms with van der Waals surface area (Å²) in [7, 11) is 0. The number of halogens is 1. The molecule has 1 aromatic carbocycles. The van der Waals surface area contributed by atoms with Crippen molar-refractivity contribution in [1.82, 2.24) is 0 Å². The second-order valence-corrected chi connectivity index (χ2v) is 4.42. The lowest BCUT2D eigenvalue weighted by molar-refractivity contribution is 0.269. The maximum Gasteiger partial charge on any atom is 0.0437 e. The lowest BCUT2D eigenvalue weighted by Gasteiger charge is -2.22. The molecule has 0 bridgehead atoms. The minimum atomic E-state index is 0.0389. The van der Waals surface area contributed by atoms with Crippen LogP contribution < -0.4 is 5.73 Å². The predicted molar refractivity (Wildman–Crippen MR) is 64.3 cm³/mol. The summed E-state index contributed by atoms with van der Waals surface area (Å²) in [5, 5.41) is 9.75. The standard InChI is InChI=1S/C12H18ClNO/c1-8-7-10(13)3-4-11(8)12(5-6-15)9(2)14/h3-4,7,9,12,15H,5-6,14H2,1-2H3. The maximum absolute atomic E-state index is 9.01. The molecule has 0 aliphatic rings. The summed E-state index contributed by atoms with van der Waals surface area (Å²) in [4.78, 5) is 0. The number of hydrogen-bond acceptors (Lipinski definition) is 2. The van der Waals surface area contributed by atoms with Gasteiger partial charge in [-0.2, -0.15) is 0 Å². The highest BCUT2D eigenvalue weighted by Crippen LogP contribution is 2.27. The first-order chi connectivity index (χ1) is 7.06. The van der Waals surface area contributed by atoms with Crippen molar-refractivity contribution in [2.45, 2.75) is 32.2 Å². The van der Waals surface area contributed by atoms with Gasteiger partial charge >= 0.3 is 0 Å². The van der Waals surface area contributed by atoms with Gasteiger partial charge in [-0.1, -0.05) is 17.7 Å². The van der Waals surface area contributed by atoms with E-state index < -0.39 is 0 Å². The highest BCUT2D eigenvalue weighted by atomic mass is 35.5. The van der Waals surface area contributed by atoms with Gasteiger partial charge in [0.25, 0.3) is 0 Å².